The van der Waals surface area contributed by atoms with Crippen LogP contribution in [0.1, 0.15) is 54.1 Å². The van der Waals surface area contributed by atoms with Crippen LogP contribution in [0.25, 0.3) is 0 Å². The van der Waals surface area contributed by atoms with E-state index in [2.05, 4.69) is 10.1 Å². The van der Waals surface area contributed by atoms with Gasteiger partial charge in [0.1, 0.15) is 5.83 Å². The standard InChI is InChI=1S/C31H32Cl2FN3O6/c1-43-31(40)18-10-11-23(26(12-18)37(41)42)27(38)15-21-14-24(22-6-3-7-25(33)28(22)34)29(36(21)16-17-8-9-17)30(39)35-20-5-2-4-19(32)13-20/h2-6,10-13,17,21,24-25,27,29,38H,7-9,14-16H2,1H3,(H,35,39)/t21-,24?,25?,27?,29?/m1/s1. The second-order valence-corrected chi connectivity index (χ2v) is 12.2. The number of amides is 1. The minimum absolute atomic E-state index is 0.0127. The van der Waals surface area contributed by atoms with Crippen molar-refractivity contribution in [2.24, 2.45) is 11.8 Å². The van der Waals surface area contributed by atoms with Gasteiger partial charge in [-0.1, -0.05) is 29.8 Å². The number of allylic oxidation sites excluding steroid dienone is 3. The molecule has 5 atom stereocenters. The summed E-state index contributed by atoms with van der Waals surface area (Å²) in [6.45, 7) is 0.549. The minimum atomic E-state index is -1.30. The van der Waals surface area contributed by atoms with Gasteiger partial charge in [-0.05, 0) is 73.9 Å². The molecule has 2 fully saturated rings. The van der Waals surface area contributed by atoms with Crippen molar-refractivity contribution in [2.45, 2.75) is 55.7 Å². The van der Waals surface area contributed by atoms with Crippen LogP contribution in [0.5, 0.6) is 0 Å². The number of rotatable bonds is 10. The van der Waals surface area contributed by atoms with E-state index >= 15 is 4.39 Å². The van der Waals surface area contributed by atoms with Crippen molar-refractivity contribution in [1.82, 2.24) is 4.90 Å². The van der Waals surface area contributed by atoms with Gasteiger partial charge in [0, 0.05) is 35.3 Å². The molecule has 2 aromatic rings. The number of aliphatic hydroxyl groups excluding tert-OH is 1. The highest BCUT2D eigenvalue weighted by atomic mass is 35.5. The summed E-state index contributed by atoms with van der Waals surface area (Å²) < 4.78 is 20.2. The van der Waals surface area contributed by atoms with Crippen LogP contribution >= 0.6 is 23.2 Å². The summed E-state index contributed by atoms with van der Waals surface area (Å²) in [6, 6.07) is 9.34. The Morgan fingerprint density at radius 1 is 1.26 bits per heavy atom. The first-order valence-corrected chi connectivity index (χ1v) is 15.0. The highest BCUT2D eigenvalue weighted by Gasteiger charge is 2.49. The number of anilines is 1. The van der Waals surface area contributed by atoms with Crippen molar-refractivity contribution in [3.63, 3.8) is 0 Å². The lowest BCUT2D eigenvalue weighted by Crippen LogP contribution is -2.47. The molecular formula is C31H32Cl2FN3O6. The van der Waals surface area contributed by atoms with Crippen molar-refractivity contribution in [3.05, 3.63) is 92.3 Å². The number of nitrogens with zero attached hydrogens (tertiary/aromatic N) is 2. The lowest BCUT2D eigenvalue weighted by molar-refractivity contribution is -0.386. The molecule has 0 bridgehead atoms. The van der Waals surface area contributed by atoms with Crippen LogP contribution in [0.2, 0.25) is 5.02 Å². The van der Waals surface area contributed by atoms with E-state index in [0.29, 0.717) is 41.6 Å². The Hall–Kier alpha value is -3.31. The number of hydrogen-bond acceptors (Lipinski definition) is 7. The van der Waals surface area contributed by atoms with Gasteiger partial charge in [-0.2, -0.15) is 0 Å². The maximum atomic E-state index is 15.5. The Morgan fingerprint density at radius 2 is 2.02 bits per heavy atom. The molecule has 1 aliphatic heterocycles. The number of aliphatic hydroxyl groups is 1. The molecule has 0 aromatic heterocycles. The molecule has 4 unspecified atom stereocenters. The highest BCUT2D eigenvalue weighted by molar-refractivity contribution is 6.30. The molecule has 43 heavy (non-hydrogen) atoms. The third kappa shape index (κ3) is 6.93. The molecule has 1 saturated carbocycles. The number of hydrogen-bond donors (Lipinski definition) is 2. The smallest absolute Gasteiger partial charge is 0.338 e. The van der Waals surface area contributed by atoms with E-state index in [1.807, 2.05) is 4.90 Å². The summed E-state index contributed by atoms with van der Waals surface area (Å²) in [6.07, 6.45) is 4.86. The number of nitrogens with one attached hydrogen (secondary N) is 1. The maximum absolute atomic E-state index is 15.5. The Balaban J connectivity index is 1.49. The second kappa shape index (κ2) is 13.1. The largest absolute Gasteiger partial charge is 0.465 e. The number of methoxy groups -OCH3 is 1. The summed E-state index contributed by atoms with van der Waals surface area (Å²) in [7, 11) is 1.17. The van der Waals surface area contributed by atoms with Gasteiger partial charge in [0.2, 0.25) is 5.91 Å². The van der Waals surface area contributed by atoms with E-state index < -0.39 is 51.9 Å². The number of nitro groups is 1. The Morgan fingerprint density at radius 3 is 2.70 bits per heavy atom. The average molecular weight is 633 g/mol. The average Bonchev–Trinajstić information content (AvgIpc) is 3.74. The number of carbonyl (C=O) groups excluding carboxylic acids is 2. The fraction of sp³-hybridized carbons (Fsp3) is 0.419. The van der Waals surface area contributed by atoms with E-state index in [4.69, 9.17) is 23.2 Å². The summed E-state index contributed by atoms with van der Waals surface area (Å²) in [5.41, 5.74) is 0.459. The van der Waals surface area contributed by atoms with Crippen LogP contribution < -0.4 is 5.32 Å². The molecule has 0 radical (unpaired) electrons. The number of carbonyl (C=O) groups is 2. The molecule has 2 aliphatic carbocycles. The van der Waals surface area contributed by atoms with Gasteiger partial charge in [0.05, 0.1) is 40.7 Å². The second-order valence-electron chi connectivity index (χ2n) is 11.3. The monoisotopic (exact) mass is 631 g/mol. The number of benzene rings is 2. The SMILES string of the molecule is COC(=O)c1ccc(C(O)C[C@H]2CC(C3=C(F)C(Cl)CC=C3)C(C(=O)Nc3cccc(Cl)c3)N2CC2CC2)c([N+](=O)[O-])c1. The predicted octanol–water partition coefficient (Wildman–Crippen LogP) is 6.36. The zero-order valence-electron chi connectivity index (χ0n) is 23.4. The first kappa shape index (κ1) is 31.1. The quantitative estimate of drug-likeness (QED) is 0.135. The van der Waals surface area contributed by atoms with E-state index in [-0.39, 0.29) is 23.5 Å². The van der Waals surface area contributed by atoms with Crippen molar-refractivity contribution < 1.29 is 28.7 Å². The van der Waals surface area contributed by atoms with E-state index in [0.717, 1.165) is 18.9 Å². The molecule has 0 spiro atoms. The Labute approximate surface area is 258 Å². The van der Waals surface area contributed by atoms with Crippen molar-refractivity contribution in [3.8, 4) is 0 Å². The summed E-state index contributed by atoms with van der Waals surface area (Å²) >= 11 is 12.4. The molecule has 3 aliphatic rings. The number of nitro benzene ring substituents is 1. The molecule has 2 N–H and O–H groups in total. The molecule has 228 valence electrons. The zero-order chi connectivity index (χ0) is 30.8. The van der Waals surface area contributed by atoms with Gasteiger partial charge in [-0.25, -0.2) is 9.18 Å². The maximum Gasteiger partial charge on any atom is 0.338 e. The number of esters is 1. The van der Waals surface area contributed by atoms with Crippen LogP contribution in [0.15, 0.2) is 66.0 Å². The number of ether oxygens (including phenoxy) is 1. The topological polar surface area (TPSA) is 122 Å². The van der Waals surface area contributed by atoms with Gasteiger partial charge in [0.25, 0.3) is 5.69 Å². The molecular weight excluding hydrogens is 600 g/mol. The van der Waals surface area contributed by atoms with Gasteiger partial charge in [-0.15, -0.1) is 11.6 Å². The zero-order valence-corrected chi connectivity index (χ0v) is 24.9. The molecule has 1 amide bonds. The third-order valence-corrected chi connectivity index (χ3v) is 8.96. The van der Waals surface area contributed by atoms with E-state index in [1.165, 1.54) is 19.2 Å². The number of alkyl halides is 1. The Bertz CT molecular complexity index is 1480. The molecule has 2 aromatic carbocycles. The molecule has 1 heterocycles. The van der Waals surface area contributed by atoms with Crippen LogP contribution in [-0.4, -0.2) is 57.9 Å². The number of halogens is 3. The van der Waals surface area contributed by atoms with Crippen molar-refractivity contribution in [2.75, 3.05) is 19.0 Å². The predicted molar refractivity (Wildman–Crippen MR) is 161 cm³/mol. The summed E-state index contributed by atoms with van der Waals surface area (Å²) in [5.74, 6) is -1.79. The van der Waals surface area contributed by atoms with Gasteiger partial charge >= 0.3 is 5.97 Å². The van der Waals surface area contributed by atoms with Gasteiger partial charge < -0.3 is 15.2 Å². The fourth-order valence-electron chi connectivity index (χ4n) is 6.11. The first-order chi connectivity index (χ1) is 20.6. The lowest BCUT2D eigenvalue weighted by atomic mass is 9.85. The van der Waals surface area contributed by atoms with Crippen molar-refractivity contribution >= 4 is 46.5 Å². The molecule has 9 nitrogen and oxygen atoms in total. The first-order valence-electron chi connectivity index (χ1n) is 14.1. The van der Waals surface area contributed by atoms with E-state index in [1.54, 1.807) is 36.4 Å². The van der Waals surface area contributed by atoms with Crippen molar-refractivity contribution in [1.29, 1.82) is 0 Å². The molecule has 12 heteroatoms. The molecule has 5 rings (SSSR count). The minimum Gasteiger partial charge on any atom is -0.465 e. The summed E-state index contributed by atoms with van der Waals surface area (Å²) in [5, 5.41) is 25.8. The van der Waals surface area contributed by atoms with Crippen LogP contribution in [0.3, 0.4) is 0 Å². The lowest BCUT2D eigenvalue weighted by Gasteiger charge is -2.32. The van der Waals surface area contributed by atoms with Crippen LogP contribution in [0, 0.1) is 22.0 Å². The van der Waals surface area contributed by atoms with Gasteiger partial charge in [0.15, 0.2) is 0 Å². The Kier molecular flexibility index (Phi) is 9.51. The normalized spacial score (nSPS) is 24.6. The van der Waals surface area contributed by atoms with Crippen LogP contribution in [-0.2, 0) is 9.53 Å². The summed E-state index contributed by atoms with van der Waals surface area (Å²) in [4.78, 5) is 39.2. The highest BCUT2D eigenvalue weighted by Crippen LogP contribution is 2.45. The third-order valence-electron chi connectivity index (χ3n) is 8.35. The van der Waals surface area contributed by atoms with E-state index in [9.17, 15) is 24.8 Å². The fourth-order valence-corrected chi connectivity index (χ4v) is 6.53. The molecule has 1 saturated heterocycles. The van der Waals surface area contributed by atoms with Gasteiger partial charge in [-0.3, -0.25) is 19.8 Å². The number of likely N-dealkylation sites (tertiary alicyclic amines) is 1. The van der Waals surface area contributed by atoms with Crippen LogP contribution in [0.4, 0.5) is 15.8 Å².